The van der Waals surface area contributed by atoms with E-state index in [1.807, 2.05) is 32.5 Å². The van der Waals surface area contributed by atoms with Crippen LogP contribution in [0, 0.1) is 6.92 Å². The van der Waals surface area contributed by atoms with E-state index in [0.717, 1.165) is 60.3 Å². The number of pyridine rings is 1. The fraction of sp³-hybridized carbons (Fsp3) is 0.316. The number of aromatic nitrogens is 4. The molecule has 4 aromatic rings. The average Bonchev–Trinajstić information content (AvgIpc) is 3.40. The number of fused-ring (bicyclic) bond motifs is 1. The highest BCUT2D eigenvalue weighted by Gasteiger charge is 2.20. The molecule has 0 saturated carbocycles. The first-order chi connectivity index (χ1) is 13.6. The highest BCUT2D eigenvalue weighted by molar-refractivity contribution is 8.01. The van der Waals surface area contributed by atoms with E-state index in [0.29, 0.717) is 6.61 Å². The predicted octanol–water partition coefficient (Wildman–Crippen LogP) is 4.84. The van der Waals surface area contributed by atoms with E-state index in [9.17, 15) is 0 Å². The summed E-state index contributed by atoms with van der Waals surface area (Å²) >= 11 is 4.94. The number of nitrogen functional groups attached to an aromatic ring is 1. The molecule has 4 aromatic heterocycles. The van der Waals surface area contributed by atoms with Crippen molar-refractivity contribution in [3.8, 4) is 22.0 Å². The predicted molar refractivity (Wildman–Crippen MR) is 119 cm³/mol. The summed E-state index contributed by atoms with van der Waals surface area (Å²) in [5.41, 5.74) is 10.3. The highest BCUT2D eigenvalue weighted by Crippen LogP contribution is 2.45. The molecule has 0 amide bonds. The van der Waals surface area contributed by atoms with Crippen LogP contribution in [0.4, 0.5) is 5.69 Å². The number of hydrogen-bond donors (Lipinski definition) is 1. The second-order valence-corrected chi connectivity index (χ2v) is 9.43. The molecule has 6 nitrogen and oxygen atoms in total. The molecule has 0 bridgehead atoms. The minimum absolute atomic E-state index is 0.709. The number of aryl methyl sites for hydroxylation is 1. The number of rotatable bonds is 7. The van der Waals surface area contributed by atoms with Crippen LogP contribution in [0.1, 0.15) is 12.7 Å². The third-order valence-corrected chi connectivity index (χ3v) is 7.62. The Morgan fingerprint density at radius 1 is 1.32 bits per heavy atom. The zero-order valence-electron chi connectivity index (χ0n) is 15.9. The van der Waals surface area contributed by atoms with Crippen LogP contribution in [-0.4, -0.2) is 38.5 Å². The van der Waals surface area contributed by atoms with Gasteiger partial charge in [0.1, 0.15) is 21.4 Å². The van der Waals surface area contributed by atoms with E-state index in [-0.39, 0.29) is 0 Å². The Morgan fingerprint density at radius 3 is 2.86 bits per heavy atom. The van der Waals surface area contributed by atoms with E-state index in [1.165, 1.54) is 0 Å². The number of ether oxygens (including phenoxy) is 1. The second-order valence-electron chi connectivity index (χ2n) is 6.17. The number of hydrogen-bond acceptors (Lipinski definition) is 8. The third-order valence-electron chi connectivity index (χ3n) is 4.48. The van der Waals surface area contributed by atoms with Gasteiger partial charge in [-0.1, -0.05) is 0 Å². The minimum atomic E-state index is 0.709. The largest absolute Gasteiger partial charge is 0.397 e. The van der Waals surface area contributed by atoms with Crippen molar-refractivity contribution in [1.29, 1.82) is 0 Å². The van der Waals surface area contributed by atoms with Crippen molar-refractivity contribution in [3.63, 3.8) is 0 Å². The monoisotopic (exact) mass is 431 g/mol. The van der Waals surface area contributed by atoms with E-state index in [4.69, 9.17) is 15.5 Å². The molecular formula is C19H21N5OS3. The summed E-state index contributed by atoms with van der Waals surface area (Å²) in [6.07, 6.45) is 3.70. The number of nitrogens with zero attached hydrogens (tertiary/aromatic N) is 4. The lowest BCUT2D eigenvalue weighted by atomic mass is 10.1. The number of thiophene rings is 1. The fourth-order valence-electron chi connectivity index (χ4n) is 2.96. The molecule has 0 aromatic carbocycles. The first kappa shape index (κ1) is 19.4. The SMILES string of the molecule is CCOCCSc1sc2nc(-c3nccs3)cc(-c3cnc(C)n3C)c2c1N. The van der Waals surface area contributed by atoms with E-state index in [2.05, 4.69) is 20.6 Å². The van der Waals surface area contributed by atoms with Crippen LogP contribution in [0.15, 0.2) is 28.0 Å². The number of nitrogens with two attached hydrogens (primary N) is 1. The van der Waals surface area contributed by atoms with Gasteiger partial charge in [-0.15, -0.1) is 34.4 Å². The van der Waals surface area contributed by atoms with Crippen LogP contribution in [-0.2, 0) is 11.8 Å². The summed E-state index contributed by atoms with van der Waals surface area (Å²) in [5.74, 6) is 1.82. The lowest BCUT2D eigenvalue weighted by Gasteiger charge is -2.08. The molecule has 0 spiro atoms. The molecule has 0 aliphatic rings. The van der Waals surface area contributed by atoms with Crippen molar-refractivity contribution in [3.05, 3.63) is 29.7 Å². The molecule has 0 atom stereocenters. The highest BCUT2D eigenvalue weighted by atomic mass is 32.2. The zero-order chi connectivity index (χ0) is 19.7. The Bertz CT molecular complexity index is 1100. The van der Waals surface area contributed by atoms with Gasteiger partial charge in [0.25, 0.3) is 0 Å². The summed E-state index contributed by atoms with van der Waals surface area (Å²) < 4.78 is 8.62. The minimum Gasteiger partial charge on any atom is -0.397 e. The maximum absolute atomic E-state index is 6.58. The molecule has 0 aliphatic carbocycles. The normalized spacial score (nSPS) is 11.5. The molecule has 0 radical (unpaired) electrons. The van der Waals surface area contributed by atoms with Crippen LogP contribution in [0.25, 0.3) is 32.2 Å². The van der Waals surface area contributed by atoms with Gasteiger partial charge in [-0.3, -0.25) is 0 Å². The molecule has 0 saturated heterocycles. The number of thiazole rings is 1. The summed E-state index contributed by atoms with van der Waals surface area (Å²) in [4.78, 5) is 14.7. The molecule has 4 rings (SSSR count). The Morgan fingerprint density at radius 2 is 2.18 bits per heavy atom. The summed E-state index contributed by atoms with van der Waals surface area (Å²) in [6.45, 7) is 5.44. The Hall–Kier alpha value is -1.94. The fourth-order valence-corrected chi connectivity index (χ4v) is 5.78. The van der Waals surface area contributed by atoms with Crippen molar-refractivity contribution in [2.45, 2.75) is 18.1 Å². The third kappa shape index (κ3) is 3.55. The number of anilines is 1. The number of thioether (sulfide) groups is 1. The molecule has 4 heterocycles. The van der Waals surface area contributed by atoms with Crippen molar-refractivity contribution in [1.82, 2.24) is 19.5 Å². The van der Waals surface area contributed by atoms with Gasteiger partial charge in [0, 0.05) is 41.9 Å². The zero-order valence-corrected chi connectivity index (χ0v) is 18.4. The van der Waals surface area contributed by atoms with Gasteiger partial charge in [0.05, 0.1) is 28.4 Å². The van der Waals surface area contributed by atoms with Crippen LogP contribution >= 0.6 is 34.4 Å². The van der Waals surface area contributed by atoms with Gasteiger partial charge < -0.3 is 15.0 Å². The maximum atomic E-state index is 6.58. The van der Waals surface area contributed by atoms with Gasteiger partial charge in [0.15, 0.2) is 0 Å². The first-order valence-corrected chi connectivity index (χ1v) is 11.6. The van der Waals surface area contributed by atoms with Crippen LogP contribution < -0.4 is 5.73 Å². The van der Waals surface area contributed by atoms with Crippen LogP contribution in [0.2, 0.25) is 0 Å². The molecule has 0 fully saturated rings. The quantitative estimate of drug-likeness (QED) is 0.333. The van der Waals surface area contributed by atoms with E-state index in [1.54, 1.807) is 40.6 Å². The summed E-state index contributed by atoms with van der Waals surface area (Å²) in [7, 11) is 2.02. The van der Waals surface area contributed by atoms with Crippen molar-refractivity contribution >= 4 is 50.3 Å². The van der Waals surface area contributed by atoms with E-state index < -0.39 is 0 Å². The second kappa shape index (κ2) is 8.20. The first-order valence-electron chi connectivity index (χ1n) is 8.92. The molecule has 146 valence electrons. The van der Waals surface area contributed by atoms with Crippen molar-refractivity contribution in [2.24, 2.45) is 7.05 Å². The average molecular weight is 432 g/mol. The lowest BCUT2D eigenvalue weighted by Crippen LogP contribution is -1.97. The summed E-state index contributed by atoms with van der Waals surface area (Å²) in [6, 6.07) is 2.08. The van der Waals surface area contributed by atoms with E-state index >= 15 is 0 Å². The lowest BCUT2D eigenvalue weighted by molar-refractivity contribution is 0.164. The number of imidazole rings is 1. The van der Waals surface area contributed by atoms with Gasteiger partial charge >= 0.3 is 0 Å². The molecule has 2 N–H and O–H groups in total. The smallest absolute Gasteiger partial charge is 0.141 e. The standard InChI is InChI=1S/C19H21N5OS3/c1-4-25-6-8-27-19-16(20)15-12(14-10-22-11(2)24(14)3)9-13(23-18(15)28-19)17-21-5-7-26-17/h5,7,9-10H,4,6,8,20H2,1-3H3. The van der Waals surface area contributed by atoms with Crippen molar-refractivity contribution in [2.75, 3.05) is 24.7 Å². The maximum Gasteiger partial charge on any atom is 0.141 e. The van der Waals surface area contributed by atoms with Gasteiger partial charge in [-0.25, -0.2) is 15.0 Å². The topological polar surface area (TPSA) is 78.9 Å². The molecular weight excluding hydrogens is 410 g/mol. The molecule has 28 heavy (non-hydrogen) atoms. The Labute approximate surface area is 175 Å². The molecule has 0 unspecified atom stereocenters. The van der Waals surface area contributed by atoms with Crippen LogP contribution in [0.3, 0.4) is 0 Å². The Kier molecular flexibility index (Phi) is 5.68. The molecule has 9 heteroatoms. The van der Waals surface area contributed by atoms with Gasteiger partial charge in [-0.05, 0) is 19.9 Å². The summed E-state index contributed by atoms with van der Waals surface area (Å²) in [5, 5.41) is 3.86. The van der Waals surface area contributed by atoms with Crippen molar-refractivity contribution < 1.29 is 4.74 Å². The van der Waals surface area contributed by atoms with Crippen LogP contribution in [0.5, 0.6) is 0 Å². The van der Waals surface area contributed by atoms with Gasteiger partial charge in [0.2, 0.25) is 0 Å². The van der Waals surface area contributed by atoms with Gasteiger partial charge in [-0.2, -0.15) is 0 Å². The Balaban J connectivity index is 1.86. The molecule has 0 aliphatic heterocycles.